The van der Waals surface area contributed by atoms with E-state index < -0.39 is 0 Å². The van der Waals surface area contributed by atoms with Gasteiger partial charge in [-0.2, -0.15) is 0 Å². The van der Waals surface area contributed by atoms with E-state index in [4.69, 9.17) is 4.74 Å². The monoisotopic (exact) mass is 249 g/mol. The van der Waals surface area contributed by atoms with Gasteiger partial charge in [0, 0.05) is 12.1 Å². The van der Waals surface area contributed by atoms with Crippen molar-refractivity contribution in [2.45, 2.75) is 46.1 Å². The Hall–Kier alpha value is -1.51. The Labute approximate surface area is 110 Å². The van der Waals surface area contributed by atoms with Crippen LogP contribution in [-0.4, -0.2) is 18.1 Å². The van der Waals surface area contributed by atoms with Gasteiger partial charge in [-0.3, -0.25) is 4.79 Å². The van der Waals surface area contributed by atoms with Crippen molar-refractivity contribution < 1.29 is 9.53 Å². The maximum absolute atomic E-state index is 11.8. The summed E-state index contributed by atoms with van der Waals surface area (Å²) < 4.78 is 5.70. The highest BCUT2D eigenvalue weighted by Gasteiger charge is 2.12. The van der Waals surface area contributed by atoms with E-state index in [0.29, 0.717) is 5.56 Å². The molecule has 100 valence electrons. The Morgan fingerprint density at radius 3 is 2.33 bits per heavy atom. The zero-order chi connectivity index (χ0) is 13.6. The lowest BCUT2D eigenvalue weighted by Crippen LogP contribution is -2.25. The lowest BCUT2D eigenvalue weighted by Gasteiger charge is -2.21. The first-order valence-electron chi connectivity index (χ1n) is 6.49. The van der Waals surface area contributed by atoms with Crippen LogP contribution in [0, 0.1) is 0 Å². The fourth-order valence-electron chi connectivity index (χ4n) is 1.51. The van der Waals surface area contributed by atoms with Gasteiger partial charge in [-0.25, -0.2) is 0 Å². The number of ether oxygens (including phenoxy) is 1. The van der Waals surface area contributed by atoms with Crippen LogP contribution in [-0.2, 0) is 0 Å². The molecule has 0 spiro atoms. The predicted molar refractivity (Wildman–Crippen MR) is 74.1 cm³/mol. The molecule has 0 heterocycles. The first-order chi connectivity index (χ1) is 8.42. The Kier molecular flexibility index (Phi) is 5.20. The lowest BCUT2D eigenvalue weighted by molar-refractivity contribution is 0.0953. The fourth-order valence-corrected chi connectivity index (χ4v) is 1.51. The van der Waals surface area contributed by atoms with Crippen LogP contribution in [0.5, 0.6) is 5.75 Å². The van der Waals surface area contributed by atoms with Crippen LogP contribution in [0.2, 0.25) is 0 Å². The minimum Gasteiger partial charge on any atom is -0.488 e. The summed E-state index contributed by atoms with van der Waals surface area (Å²) in [5, 5.41) is 2.89. The number of carbonyl (C=O) groups excluding carboxylic acids is 1. The molecule has 1 N–H and O–H groups in total. The summed E-state index contributed by atoms with van der Waals surface area (Å²) in [4.78, 5) is 11.8. The number of benzene rings is 1. The van der Waals surface area contributed by atoms with Crippen LogP contribution in [0.4, 0.5) is 0 Å². The summed E-state index contributed by atoms with van der Waals surface area (Å²) in [6.07, 6.45) is 2.09. The fraction of sp³-hybridized carbons (Fsp3) is 0.533. The number of amides is 1. The van der Waals surface area contributed by atoms with Crippen LogP contribution in [0.3, 0.4) is 0 Å². The van der Waals surface area contributed by atoms with Gasteiger partial charge in [-0.05, 0) is 51.5 Å². The highest BCUT2D eigenvalue weighted by Crippen LogP contribution is 2.18. The van der Waals surface area contributed by atoms with Crippen LogP contribution >= 0.6 is 0 Å². The van der Waals surface area contributed by atoms with Gasteiger partial charge in [0.05, 0.1) is 0 Å². The highest BCUT2D eigenvalue weighted by molar-refractivity contribution is 5.94. The molecule has 0 aliphatic rings. The standard InChI is InChI=1S/C15H23NO2/c1-5-6-11-16-14(17)12-7-9-13(10-8-12)18-15(2,3)4/h7-10H,5-6,11H2,1-4H3,(H,16,17). The molecular formula is C15H23NO2. The van der Waals surface area contributed by atoms with E-state index in [1.807, 2.05) is 32.9 Å². The number of hydrogen-bond acceptors (Lipinski definition) is 2. The molecule has 0 saturated heterocycles. The summed E-state index contributed by atoms with van der Waals surface area (Å²) in [5.41, 5.74) is 0.456. The second kappa shape index (κ2) is 6.43. The molecule has 0 saturated carbocycles. The van der Waals surface area contributed by atoms with E-state index in [1.165, 1.54) is 0 Å². The van der Waals surface area contributed by atoms with Crippen molar-refractivity contribution in [1.82, 2.24) is 5.32 Å². The molecule has 3 heteroatoms. The Morgan fingerprint density at radius 1 is 1.22 bits per heavy atom. The Balaban J connectivity index is 2.57. The summed E-state index contributed by atoms with van der Waals surface area (Å²) in [6.45, 7) is 8.83. The van der Waals surface area contributed by atoms with Crippen molar-refractivity contribution in [2.24, 2.45) is 0 Å². The van der Waals surface area contributed by atoms with Crippen molar-refractivity contribution in [1.29, 1.82) is 0 Å². The average molecular weight is 249 g/mol. The first kappa shape index (κ1) is 14.6. The third kappa shape index (κ3) is 5.21. The molecular weight excluding hydrogens is 226 g/mol. The van der Waals surface area contributed by atoms with Crippen molar-refractivity contribution in [2.75, 3.05) is 6.54 Å². The van der Waals surface area contributed by atoms with E-state index in [-0.39, 0.29) is 11.5 Å². The maximum atomic E-state index is 11.8. The molecule has 0 atom stereocenters. The molecule has 18 heavy (non-hydrogen) atoms. The van der Waals surface area contributed by atoms with Crippen LogP contribution < -0.4 is 10.1 Å². The normalized spacial score (nSPS) is 11.1. The van der Waals surface area contributed by atoms with Gasteiger partial charge in [0.15, 0.2) is 0 Å². The van der Waals surface area contributed by atoms with Crippen molar-refractivity contribution in [3.63, 3.8) is 0 Å². The van der Waals surface area contributed by atoms with E-state index >= 15 is 0 Å². The molecule has 0 fully saturated rings. The summed E-state index contributed by atoms with van der Waals surface area (Å²) in [7, 11) is 0. The molecule has 1 amide bonds. The molecule has 0 aromatic heterocycles. The summed E-state index contributed by atoms with van der Waals surface area (Å²) in [5.74, 6) is 0.762. The van der Waals surface area contributed by atoms with Gasteiger partial charge in [0.2, 0.25) is 0 Å². The SMILES string of the molecule is CCCCNC(=O)c1ccc(OC(C)(C)C)cc1. The molecule has 0 unspecified atom stereocenters. The third-order valence-electron chi connectivity index (χ3n) is 2.36. The third-order valence-corrected chi connectivity index (χ3v) is 2.36. The molecule has 0 radical (unpaired) electrons. The van der Waals surface area contributed by atoms with Crippen molar-refractivity contribution in [3.8, 4) is 5.75 Å². The van der Waals surface area contributed by atoms with E-state index in [1.54, 1.807) is 12.1 Å². The number of nitrogens with one attached hydrogen (secondary N) is 1. The van der Waals surface area contributed by atoms with Gasteiger partial charge in [-0.1, -0.05) is 13.3 Å². The zero-order valence-electron chi connectivity index (χ0n) is 11.7. The maximum Gasteiger partial charge on any atom is 0.251 e. The molecule has 1 aromatic rings. The average Bonchev–Trinajstić information content (AvgIpc) is 2.28. The van der Waals surface area contributed by atoms with Crippen molar-refractivity contribution in [3.05, 3.63) is 29.8 Å². The molecule has 0 bridgehead atoms. The van der Waals surface area contributed by atoms with Crippen LogP contribution in [0.25, 0.3) is 0 Å². The lowest BCUT2D eigenvalue weighted by atomic mass is 10.1. The topological polar surface area (TPSA) is 38.3 Å². The number of rotatable bonds is 5. The molecule has 3 nitrogen and oxygen atoms in total. The number of unbranched alkanes of at least 4 members (excludes halogenated alkanes) is 1. The van der Waals surface area contributed by atoms with E-state index in [9.17, 15) is 4.79 Å². The first-order valence-corrected chi connectivity index (χ1v) is 6.49. The molecule has 0 aliphatic heterocycles. The van der Waals surface area contributed by atoms with Gasteiger partial charge in [0.25, 0.3) is 5.91 Å². The van der Waals surface area contributed by atoms with E-state index in [0.717, 1.165) is 25.1 Å². The molecule has 1 aromatic carbocycles. The van der Waals surface area contributed by atoms with Gasteiger partial charge in [0.1, 0.15) is 11.4 Å². The quantitative estimate of drug-likeness (QED) is 0.812. The second-order valence-electron chi connectivity index (χ2n) is 5.35. The predicted octanol–water partition coefficient (Wildman–Crippen LogP) is 3.39. The molecule has 0 aliphatic carbocycles. The summed E-state index contributed by atoms with van der Waals surface area (Å²) >= 11 is 0. The minimum absolute atomic E-state index is 0.0224. The Bertz CT molecular complexity index is 376. The van der Waals surface area contributed by atoms with Crippen molar-refractivity contribution >= 4 is 5.91 Å². The Morgan fingerprint density at radius 2 is 1.83 bits per heavy atom. The molecule has 1 rings (SSSR count). The highest BCUT2D eigenvalue weighted by atomic mass is 16.5. The summed E-state index contributed by atoms with van der Waals surface area (Å²) in [6, 6.07) is 7.25. The number of carbonyl (C=O) groups is 1. The van der Waals surface area contributed by atoms with Gasteiger partial charge in [-0.15, -0.1) is 0 Å². The second-order valence-corrected chi connectivity index (χ2v) is 5.35. The van der Waals surface area contributed by atoms with E-state index in [2.05, 4.69) is 12.2 Å². The van der Waals surface area contributed by atoms with Crippen LogP contribution in [0.15, 0.2) is 24.3 Å². The minimum atomic E-state index is -0.217. The smallest absolute Gasteiger partial charge is 0.251 e. The number of hydrogen-bond donors (Lipinski definition) is 1. The largest absolute Gasteiger partial charge is 0.488 e. The van der Waals surface area contributed by atoms with Gasteiger partial charge < -0.3 is 10.1 Å². The van der Waals surface area contributed by atoms with Gasteiger partial charge >= 0.3 is 0 Å². The van der Waals surface area contributed by atoms with Crippen LogP contribution in [0.1, 0.15) is 50.9 Å². The zero-order valence-corrected chi connectivity index (χ0v) is 11.7.